The third-order valence-corrected chi connectivity index (χ3v) is 6.78. The fourth-order valence-electron chi connectivity index (χ4n) is 3.07. The molecule has 0 unspecified atom stereocenters. The van der Waals surface area contributed by atoms with Gasteiger partial charge in [0.15, 0.2) is 11.5 Å². The molecule has 30 heavy (non-hydrogen) atoms. The third kappa shape index (κ3) is 5.12. The van der Waals surface area contributed by atoms with Crippen LogP contribution in [-0.4, -0.2) is 52.0 Å². The minimum absolute atomic E-state index is 0.0886. The predicted octanol–water partition coefficient (Wildman–Crippen LogP) is 3.16. The highest BCUT2D eigenvalue weighted by molar-refractivity contribution is 7.89. The van der Waals surface area contributed by atoms with Crippen LogP contribution in [0.5, 0.6) is 11.5 Å². The van der Waals surface area contributed by atoms with E-state index >= 15 is 0 Å². The fraction of sp³-hybridized carbons (Fsp3) is 0.409. The van der Waals surface area contributed by atoms with Crippen LogP contribution in [0.4, 0.5) is 5.69 Å². The van der Waals surface area contributed by atoms with E-state index in [1.807, 2.05) is 44.2 Å². The van der Waals surface area contributed by atoms with Crippen molar-refractivity contribution in [2.45, 2.75) is 25.2 Å². The smallest absolute Gasteiger partial charge is 0.243 e. The number of anilines is 1. The molecule has 0 spiro atoms. The van der Waals surface area contributed by atoms with Gasteiger partial charge in [0.05, 0.1) is 11.4 Å². The molecule has 0 N–H and O–H groups in total. The average Bonchev–Trinajstić information content (AvgIpc) is 2.75. The van der Waals surface area contributed by atoms with Crippen molar-refractivity contribution >= 4 is 21.6 Å². The van der Waals surface area contributed by atoms with Gasteiger partial charge in [-0.15, -0.1) is 0 Å². The Bertz CT molecular complexity index is 976. The number of likely N-dealkylation sites (N-methyl/N-ethyl adjacent to an activating group) is 1. The quantitative estimate of drug-likeness (QED) is 0.641. The molecule has 0 atom stereocenters. The number of amides is 1. The standard InChI is InChI=1S/C22H28N2O5S/c1-17(2)11-12-24(16-22(25)23(3)18-7-5-4-6-8-18)30(26,27)19-9-10-20-21(15-19)29-14-13-28-20/h4-10,15,17H,11-14,16H2,1-3H3. The molecule has 1 aliphatic heterocycles. The van der Waals surface area contributed by atoms with Crippen LogP contribution in [0.1, 0.15) is 20.3 Å². The van der Waals surface area contributed by atoms with Gasteiger partial charge in [0, 0.05) is 25.3 Å². The number of fused-ring (bicyclic) bond motifs is 1. The maximum absolute atomic E-state index is 13.4. The summed E-state index contributed by atoms with van der Waals surface area (Å²) in [5, 5.41) is 0. The van der Waals surface area contributed by atoms with Crippen molar-refractivity contribution < 1.29 is 22.7 Å². The monoisotopic (exact) mass is 432 g/mol. The number of nitrogens with zero attached hydrogens (tertiary/aromatic N) is 2. The summed E-state index contributed by atoms with van der Waals surface area (Å²) in [6.07, 6.45) is 0.645. The van der Waals surface area contributed by atoms with Crippen molar-refractivity contribution in [2.75, 3.05) is 38.3 Å². The zero-order valence-electron chi connectivity index (χ0n) is 17.6. The number of carbonyl (C=O) groups is 1. The van der Waals surface area contributed by atoms with E-state index in [-0.39, 0.29) is 23.9 Å². The molecule has 8 heteroatoms. The van der Waals surface area contributed by atoms with Crippen molar-refractivity contribution in [2.24, 2.45) is 5.92 Å². The third-order valence-electron chi connectivity index (χ3n) is 4.94. The van der Waals surface area contributed by atoms with E-state index in [4.69, 9.17) is 9.47 Å². The molecule has 1 aliphatic rings. The van der Waals surface area contributed by atoms with Crippen LogP contribution >= 0.6 is 0 Å². The van der Waals surface area contributed by atoms with E-state index in [1.54, 1.807) is 13.1 Å². The minimum atomic E-state index is -3.89. The van der Waals surface area contributed by atoms with Gasteiger partial charge in [-0.3, -0.25) is 4.79 Å². The average molecular weight is 433 g/mol. The Morgan fingerprint density at radius 3 is 2.37 bits per heavy atom. The van der Waals surface area contributed by atoms with E-state index < -0.39 is 10.0 Å². The van der Waals surface area contributed by atoms with Crippen LogP contribution in [0.25, 0.3) is 0 Å². The molecule has 0 bridgehead atoms. The van der Waals surface area contributed by atoms with E-state index in [0.717, 1.165) is 0 Å². The molecule has 0 saturated carbocycles. The van der Waals surface area contributed by atoms with Gasteiger partial charge in [-0.25, -0.2) is 8.42 Å². The van der Waals surface area contributed by atoms with Crippen LogP contribution in [0.15, 0.2) is 53.4 Å². The van der Waals surface area contributed by atoms with Crippen molar-refractivity contribution in [3.05, 3.63) is 48.5 Å². The molecule has 3 rings (SSSR count). The summed E-state index contributed by atoms with van der Waals surface area (Å²) in [4.78, 5) is 14.4. The first kappa shape index (κ1) is 22.1. The summed E-state index contributed by atoms with van der Waals surface area (Å²) in [6.45, 7) is 4.85. The van der Waals surface area contributed by atoms with Gasteiger partial charge in [-0.2, -0.15) is 4.31 Å². The van der Waals surface area contributed by atoms with E-state index in [2.05, 4.69) is 0 Å². The highest BCUT2D eigenvalue weighted by atomic mass is 32.2. The number of benzene rings is 2. The zero-order chi connectivity index (χ0) is 21.7. The summed E-state index contributed by atoms with van der Waals surface area (Å²) in [5.74, 6) is 0.920. The summed E-state index contributed by atoms with van der Waals surface area (Å²) in [5.41, 5.74) is 0.711. The number of hydrogen-bond acceptors (Lipinski definition) is 5. The van der Waals surface area contributed by atoms with Gasteiger partial charge in [-0.1, -0.05) is 32.0 Å². The normalized spacial score (nSPS) is 13.5. The topological polar surface area (TPSA) is 76.2 Å². The second kappa shape index (κ2) is 9.49. The number of para-hydroxylation sites is 1. The number of ether oxygens (including phenoxy) is 2. The van der Waals surface area contributed by atoms with Gasteiger partial charge in [0.1, 0.15) is 13.2 Å². The van der Waals surface area contributed by atoms with Gasteiger partial charge in [-0.05, 0) is 36.6 Å². The highest BCUT2D eigenvalue weighted by Crippen LogP contribution is 2.33. The van der Waals surface area contributed by atoms with Crippen LogP contribution in [0.2, 0.25) is 0 Å². The molecular weight excluding hydrogens is 404 g/mol. The Hall–Kier alpha value is -2.58. The molecule has 7 nitrogen and oxygen atoms in total. The molecule has 1 amide bonds. The second-order valence-corrected chi connectivity index (χ2v) is 9.55. The molecule has 2 aromatic carbocycles. The molecule has 0 aromatic heterocycles. The predicted molar refractivity (Wildman–Crippen MR) is 115 cm³/mol. The molecule has 0 fully saturated rings. The van der Waals surface area contributed by atoms with Crippen LogP contribution in [0, 0.1) is 5.92 Å². The largest absolute Gasteiger partial charge is 0.486 e. The first-order valence-electron chi connectivity index (χ1n) is 10.0. The van der Waals surface area contributed by atoms with E-state index in [9.17, 15) is 13.2 Å². The van der Waals surface area contributed by atoms with Gasteiger partial charge in [0.25, 0.3) is 0 Å². The summed E-state index contributed by atoms with van der Waals surface area (Å²) in [7, 11) is -2.24. The Labute approximate surface area is 178 Å². The highest BCUT2D eigenvalue weighted by Gasteiger charge is 2.29. The molecule has 162 valence electrons. The number of hydrogen-bond donors (Lipinski definition) is 0. The SMILES string of the molecule is CC(C)CCN(CC(=O)N(C)c1ccccc1)S(=O)(=O)c1ccc2c(c1)OCCO2. The van der Waals surface area contributed by atoms with Gasteiger partial charge < -0.3 is 14.4 Å². The van der Waals surface area contributed by atoms with Crippen molar-refractivity contribution in [3.8, 4) is 11.5 Å². The Morgan fingerprint density at radius 2 is 1.70 bits per heavy atom. The first-order valence-corrected chi connectivity index (χ1v) is 11.4. The van der Waals surface area contributed by atoms with Crippen molar-refractivity contribution in [1.29, 1.82) is 0 Å². The molecule has 1 heterocycles. The first-order chi connectivity index (χ1) is 14.3. The summed E-state index contributed by atoms with van der Waals surface area (Å²) in [6, 6.07) is 13.7. The number of sulfonamides is 1. The maximum Gasteiger partial charge on any atom is 0.243 e. The number of rotatable bonds is 8. The van der Waals surface area contributed by atoms with Gasteiger partial charge in [0.2, 0.25) is 15.9 Å². The van der Waals surface area contributed by atoms with Crippen LogP contribution in [0.3, 0.4) is 0 Å². The molecule has 0 aliphatic carbocycles. The van der Waals surface area contributed by atoms with E-state index in [1.165, 1.54) is 21.3 Å². The lowest BCUT2D eigenvalue weighted by atomic mass is 10.1. The lowest BCUT2D eigenvalue weighted by molar-refractivity contribution is -0.118. The Balaban J connectivity index is 1.85. The second-order valence-electron chi connectivity index (χ2n) is 7.61. The Morgan fingerprint density at radius 1 is 1.03 bits per heavy atom. The Kier molecular flexibility index (Phi) is 6.99. The van der Waals surface area contributed by atoms with Crippen LogP contribution < -0.4 is 14.4 Å². The molecule has 0 saturated heterocycles. The molecule has 0 radical (unpaired) electrons. The van der Waals surface area contributed by atoms with E-state index in [0.29, 0.717) is 42.7 Å². The molecular formula is C22H28N2O5S. The van der Waals surface area contributed by atoms with Crippen molar-refractivity contribution in [3.63, 3.8) is 0 Å². The van der Waals surface area contributed by atoms with Crippen molar-refractivity contribution in [1.82, 2.24) is 4.31 Å². The maximum atomic E-state index is 13.4. The minimum Gasteiger partial charge on any atom is -0.486 e. The lowest BCUT2D eigenvalue weighted by Crippen LogP contribution is -2.42. The zero-order valence-corrected chi connectivity index (χ0v) is 18.4. The summed E-state index contributed by atoms with van der Waals surface area (Å²) >= 11 is 0. The van der Waals surface area contributed by atoms with Gasteiger partial charge >= 0.3 is 0 Å². The fourth-order valence-corrected chi connectivity index (χ4v) is 4.49. The van der Waals surface area contributed by atoms with Crippen LogP contribution in [-0.2, 0) is 14.8 Å². The number of carbonyl (C=O) groups excluding carboxylic acids is 1. The lowest BCUT2D eigenvalue weighted by Gasteiger charge is -2.26. The summed E-state index contributed by atoms with van der Waals surface area (Å²) < 4.78 is 39.0. The molecule has 2 aromatic rings.